The van der Waals surface area contributed by atoms with E-state index in [1.54, 1.807) is 12.1 Å². The fraction of sp³-hybridized carbons (Fsp3) is 0.400. The monoisotopic (exact) mass is 196 g/mol. The molecule has 0 amide bonds. The lowest BCUT2D eigenvalue weighted by Crippen LogP contribution is -2.38. The molecule has 0 radical (unpaired) electrons. The zero-order valence-electron chi connectivity index (χ0n) is 7.74. The normalized spacial score (nSPS) is 26.4. The van der Waals surface area contributed by atoms with Crippen LogP contribution in [-0.4, -0.2) is 25.3 Å². The fourth-order valence-corrected chi connectivity index (χ4v) is 1.48. The standard InChI is InChI=1S/C10H13FN2O/c11-7-1-3-8(4-2-7)13-10-6-14-5-9(10)12/h1-4,9-10,13H,5-6,12H2/t9-,10-/m1/s1. The Morgan fingerprint density at radius 2 is 2.00 bits per heavy atom. The number of benzene rings is 1. The van der Waals surface area contributed by atoms with Crippen LogP contribution in [0.1, 0.15) is 0 Å². The summed E-state index contributed by atoms with van der Waals surface area (Å²) in [5, 5.41) is 3.20. The van der Waals surface area contributed by atoms with Crippen LogP contribution in [0.2, 0.25) is 0 Å². The van der Waals surface area contributed by atoms with E-state index in [1.807, 2.05) is 0 Å². The van der Waals surface area contributed by atoms with Gasteiger partial charge in [-0.15, -0.1) is 0 Å². The van der Waals surface area contributed by atoms with Gasteiger partial charge in [0.25, 0.3) is 0 Å². The van der Waals surface area contributed by atoms with Gasteiger partial charge in [0.1, 0.15) is 5.82 Å². The molecule has 1 aromatic rings. The summed E-state index contributed by atoms with van der Waals surface area (Å²) in [5.74, 6) is -0.234. The molecule has 0 unspecified atom stereocenters. The zero-order valence-corrected chi connectivity index (χ0v) is 7.74. The molecule has 1 aliphatic rings. The molecule has 1 heterocycles. The Morgan fingerprint density at radius 3 is 2.57 bits per heavy atom. The molecule has 14 heavy (non-hydrogen) atoms. The van der Waals surface area contributed by atoms with Gasteiger partial charge in [0, 0.05) is 5.69 Å². The Labute approximate surface area is 82.1 Å². The predicted molar refractivity (Wildman–Crippen MR) is 52.6 cm³/mol. The second kappa shape index (κ2) is 3.94. The van der Waals surface area contributed by atoms with Crippen LogP contribution in [0.4, 0.5) is 10.1 Å². The topological polar surface area (TPSA) is 47.3 Å². The van der Waals surface area contributed by atoms with Gasteiger partial charge in [-0.3, -0.25) is 0 Å². The van der Waals surface area contributed by atoms with Crippen molar-refractivity contribution in [3.8, 4) is 0 Å². The first kappa shape index (κ1) is 9.43. The highest BCUT2D eigenvalue weighted by molar-refractivity contribution is 5.44. The molecule has 0 spiro atoms. The molecule has 0 bridgehead atoms. The summed E-state index contributed by atoms with van der Waals surface area (Å²) < 4.78 is 17.8. The summed E-state index contributed by atoms with van der Waals surface area (Å²) in [4.78, 5) is 0. The van der Waals surface area contributed by atoms with Crippen molar-refractivity contribution < 1.29 is 9.13 Å². The molecular formula is C10H13FN2O. The van der Waals surface area contributed by atoms with E-state index in [0.29, 0.717) is 13.2 Å². The minimum atomic E-state index is -0.234. The van der Waals surface area contributed by atoms with Crippen molar-refractivity contribution in [2.45, 2.75) is 12.1 Å². The van der Waals surface area contributed by atoms with Gasteiger partial charge in [-0.2, -0.15) is 0 Å². The number of nitrogens with two attached hydrogens (primary N) is 1. The summed E-state index contributed by atoms with van der Waals surface area (Å²) in [5.41, 5.74) is 6.67. The molecule has 1 saturated heterocycles. The number of nitrogens with one attached hydrogen (secondary N) is 1. The smallest absolute Gasteiger partial charge is 0.123 e. The van der Waals surface area contributed by atoms with Crippen molar-refractivity contribution in [2.75, 3.05) is 18.5 Å². The summed E-state index contributed by atoms with van der Waals surface area (Å²) in [6, 6.07) is 6.37. The summed E-state index contributed by atoms with van der Waals surface area (Å²) in [6.45, 7) is 1.19. The number of hydrogen-bond acceptors (Lipinski definition) is 3. The van der Waals surface area contributed by atoms with Gasteiger partial charge in [0.2, 0.25) is 0 Å². The summed E-state index contributed by atoms with van der Waals surface area (Å²) in [6.07, 6.45) is 0. The number of rotatable bonds is 2. The van der Waals surface area contributed by atoms with Gasteiger partial charge in [0.05, 0.1) is 25.3 Å². The highest BCUT2D eigenvalue weighted by Crippen LogP contribution is 2.13. The molecule has 1 aliphatic heterocycles. The molecule has 3 nitrogen and oxygen atoms in total. The third-order valence-electron chi connectivity index (χ3n) is 2.32. The summed E-state index contributed by atoms with van der Waals surface area (Å²) >= 11 is 0. The van der Waals surface area contributed by atoms with Gasteiger partial charge in [0.15, 0.2) is 0 Å². The van der Waals surface area contributed by atoms with Crippen LogP contribution in [0.15, 0.2) is 24.3 Å². The fourth-order valence-electron chi connectivity index (χ4n) is 1.48. The molecule has 4 heteroatoms. The number of anilines is 1. The van der Waals surface area contributed by atoms with Gasteiger partial charge in [-0.25, -0.2) is 4.39 Å². The third kappa shape index (κ3) is 2.02. The third-order valence-corrected chi connectivity index (χ3v) is 2.32. The van der Waals surface area contributed by atoms with Crippen LogP contribution in [0, 0.1) is 5.82 Å². The van der Waals surface area contributed by atoms with E-state index in [0.717, 1.165) is 5.69 Å². The molecular weight excluding hydrogens is 183 g/mol. The Hall–Kier alpha value is -1.13. The largest absolute Gasteiger partial charge is 0.378 e. The first-order valence-corrected chi connectivity index (χ1v) is 4.61. The van der Waals surface area contributed by atoms with Gasteiger partial charge < -0.3 is 15.8 Å². The van der Waals surface area contributed by atoms with Crippen LogP contribution in [0.25, 0.3) is 0 Å². The van der Waals surface area contributed by atoms with Crippen molar-refractivity contribution in [3.05, 3.63) is 30.1 Å². The number of hydrogen-bond donors (Lipinski definition) is 2. The summed E-state index contributed by atoms with van der Waals surface area (Å²) in [7, 11) is 0. The molecule has 1 fully saturated rings. The van der Waals surface area contributed by atoms with Crippen molar-refractivity contribution in [1.82, 2.24) is 0 Å². The molecule has 0 aromatic heterocycles. The lowest BCUT2D eigenvalue weighted by molar-refractivity contribution is 0.192. The van der Waals surface area contributed by atoms with Crippen LogP contribution in [-0.2, 0) is 4.74 Å². The Balaban J connectivity index is 2.00. The number of halogens is 1. The van der Waals surface area contributed by atoms with Crippen LogP contribution < -0.4 is 11.1 Å². The van der Waals surface area contributed by atoms with Gasteiger partial charge in [-0.1, -0.05) is 0 Å². The van der Waals surface area contributed by atoms with Gasteiger partial charge >= 0.3 is 0 Å². The molecule has 3 N–H and O–H groups in total. The van der Waals surface area contributed by atoms with E-state index >= 15 is 0 Å². The van der Waals surface area contributed by atoms with Gasteiger partial charge in [-0.05, 0) is 24.3 Å². The SMILES string of the molecule is N[C@@H]1COC[C@H]1Nc1ccc(F)cc1. The first-order valence-electron chi connectivity index (χ1n) is 4.61. The maximum Gasteiger partial charge on any atom is 0.123 e. The lowest BCUT2D eigenvalue weighted by atomic mass is 10.2. The van der Waals surface area contributed by atoms with E-state index in [-0.39, 0.29) is 17.9 Å². The van der Waals surface area contributed by atoms with E-state index in [9.17, 15) is 4.39 Å². The van der Waals surface area contributed by atoms with E-state index in [1.165, 1.54) is 12.1 Å². The average molecular weight is 196 g/mol. The Kier molecular flexibility index (Phi) is 2.65. The van der Waals surface area contributed by atoms with Crippen molar-refractivity contribution in [2.24, 2.45) is 5.73 Å². The highest BCUT2D eigenvalue weighted by Gasteiger charge is 2.24. The second-order valence-corrected chi connectivity index (χ2v) is 3.46. The maximum atomic E-state index is 12.6. The van der Waals surface area contributed by atoms with Crippen LogP contribution in [0.3, 0.4) is 0 Å². The Morgan fingerprint density at radius 1 is 1.29 bits per heavy atom. The minimum absolute atomic E-state index is 0.0139. The lowest BCUT2D eigenvalue weighted by Gasteiger charge is -2.16. The molecule has 2 rings (SSSR count). The molecule has 0 saturated carbocycles. The van der Waals surface area contributed by atoms with E-state index < -0.39 is 0 Å². The molecule has 1 aromatic carbocycles. The molecule has 0 aliphatic carbocycles. The maximum absolute atomic E-state index is 12.6. The predicted octanol–water partition coefficient (Wildman–Crippen LogP) is 0.964. The highest BCUT2D eigenvalue weighted by atomic mass is 19.1. The van der Waals surface area contributed by atoms with E-state index in [4.69, 9.17) is 10.5 Å². The van der Waals surface area contributed by atoms with Crippen LogP contribution >= 0.6 is 0 Å². The van der Waals surface area contributed by atoms with Crippen LogP contribution in [0.5, 0.6) is 0 Å². The quantitative estimate of drug-likeness (QED) is 0.740. The minimum Gasteiger partial charge on any atom is -0.378 e. The zero-order chi connectivity index (χ0) is 9.97. The van der Waals surface area contributed by atoms with E-state index in [2.05, 4.69) is 5.32 Å². The first-order chi connectivity index (χ1) is 6.75. The van der Waals surface area contributed by atoms with Crippen molar-refractivity contribution in [3.63, 3.8) is 0 Å². The Bertz CT molecular complexity index is 301. The second-order valence-electron chi connectivity index (χ2n) is 3.46. The molecule has 76 valence electrons. The average Bonchev–Trinajstić information content (AvgIpc) is 2.56. The van der Waals surface area contributed by atoms with Crippen molar-refractivity contribution in [1.29, 1.82) is 0 Å². The molecule has 2 atom stereocenters. The van der Waals surface area contributed by atoms with Crippen molar-refractivity contribution >= 4 is 5.69 Å². The number of ether oxygens (including phenoxy) is 1.